The lowest BCUT2D eigenvalue weighted by Gasteiger charge is -2.03. The van der Waals surface area contributed by atoms with Gasteiger partial charge in [-0.25, -0.2) is 4.98 Å². The summed E-state index contributed by atoms with van der Waals surface area (Å²) in [5.41, 5.74) is 4.36. The smallest absolute Gasteiger partial charge is 0.248 e. The second kappa shape index (κ2) is 7.16. The summed E-state index contributed by atoms with van der Waals surface area (Å²) in [6.45, 7) is 0.230. The summed E-state index contributed by atoms with van der Waals surface area (Å²) < 4.78 is 12.6. The first kappa shape index (κ1) is 17.1. The highest BCUT2D eigenvalue weighted by Crippen LogP contribution is 2.32. The Morgan fingerprint density at radius 2 is 1.90 bits per heavy atom. The highest BCUT2D eigenvalue weighted by molar-refractivity contribution is 6.02. The zero-order chi connectivity index (χ0) is 19.6. The van der Waals surface area contributed by atoms with Gasteiger partial charge in [-0.3, -0.25) is 4.79 Å². The largest absolute Gasteiger partial charge is 0.454 e. The van der Waals surface area contributed by atoms with Crippen molar-refractivity contribution in [2.45, 2.75) is 0 Å². The number of hydrogen-bond acceptors (Lipinski definition) is 4. The molecule has 0 bridgehead atoms. The van der Waals surface area contributed by atoms with E-state index in [-0.39, 0.29) is 12.7 Å². The molecular formula is C23H17N3O3. The number of aromatic nitrogens is 2. The van der Waals surface area contributed by atoms with Crippen LogP contribution in [0.5, 0.6) is 11.5 Å². The molecule has 2 aromatic heterocycles. The summed E-state index contributed by atoms with van der Waals surface area (Å²) >= 11 is 0. The fourth-order valence-corrected chi connectivity index (χ4v) is 3.17. The summed E-state index contributed by atoms with van der Waals surface area (Å²) in [6.07, 6.45) is 7.18. The molecular weight excluding hydrogens is 366 g/mol. The molecule has 1 aliphatic heterocycles. The molecule has 6 nitrogen and oxygen atoms in total. The van der Waals surface area contributed by atoms with Gasteiger partial charge in [0.1, 0.15) is 5.65 Å². The molecule has 0 saturated heterocycles. The summed E-state index contributed by atoms with van der Waals surface area (Å²) in [6, 6.07) is 19.1. The monoisotopic (exact) mass is 383 g/mol. The molecule has 0 unspecified atom stereocenters. The Kier molecular flexibility index (Phi) is 4.22. The molecule has 2 aromatic carbocycles. The summed E-state index contributed by atoms with van der Waals surface area (Å²) in [5.74, 6) is 1.20. The van der Waals surface area contributed by atoms with Gasteiger partial charge in [-0.2, -0.15) is 0 Å². The first-order valence-electron chi connectivity index (χ1n) is 9.17. The number of fused-ring (bicyclic) bond motifs is 2. The van der Waals surface area contributed by atoms with Crippen molar-refractivity contribution in [1.82, 2.24) is 9.38 Å². The van der Waals surface area contributed by atoms with E-state index in [1.165, 1.54) is 6.08 Å². The van der Waals surface area contributed by atoms with Crippen LogP contribution in [0.2, 0.25) is 0 Å². The Morgan fingerprint density at radius 3 is 2.76 bits per heavy atom. The third kappa shape index (κ3) is 3.55. The van der Waals surface area contributed by atoms with Crippen molar-refractivity contribution in [3.05, 3.63) is 84.7 Å². The van der Waals surface area contributed by atoms with E-state index in [1.54, 1.807) is 6.08 Å². The predicted octanol–water partition coefficient (Wildman–Crippen LogP) is 4.38. The van der Waals surface area contributed by atoms with Crippen molar-refractivity contribution in [3.63, 3.8) is 0 Å². The lowest BCUT2D eigenvalue weighted by Crippen LogP contribution is -2.07. The van der Waals surface area contributed by atoms with Crippen molar-refractivity contribution < 1.29 is 14.3 Å². The van der Waals surface area contributed by atoms with Gasteiger partial charge in [0.25, 0.3) is 0 Å². The lowest BCUT2D eigenvalue weighted by molar-refractivity contribution is -0.111. The standard InChI is InChI=1S/C23H17N3O3/c27-23(11-5-16-4-10-20-21(13-16)29-15-28-20)24-18-8-6-17(7-9-18)19-14-26-12-2-1-3-22(26)25-19/h1-14H,15H2,(H,24,27)/b11-5+. The molecule has 1 aliphatic rings. The number of hydrogen-bond donors (Lipinski definition) is 1. The van der Waals surface area contributed by atoms with Gasteiger partial charge in [-0.15, -0.1) is 0 Å². The minimum absolute atomic E-state index is 0.205. The van der Waals surface area contributed by atoms with Crippen LogP contribution in [-0.4, -0.2) is 22.1 Å². The van der Waals surface area contributed by atoms with Crippen LogP contribution in [-0.2, 0) is 4.79 Å². The molecule has 0 radical (unpaired) electrons. The van der Waals surface area contributed by atoms with E-state index in [0.29, 0.717) is 5.75 Å². The average molecular weight is 383 g/mol. The predicted molar refractivity (Wildman–Crippen MR) is 111 cm³/mol. The highest BCUT2D eigenvalue weighted by atomic mass is 16.7. The van der Waals surface area contributed by atoms with Gasteiger partial charge in [0.15, 0.2) is 11.5 Å². The number of nitrogens with one attached hydrogen (secondary N) is 1. The van der Waals surface area contributed by atoms with Crippen molar-refractivity contribution in [2.75, 3.05) is 12.1 Å². The van der Waals surface area contributed by atoms with Crippen LogP contribution >= 0.6 is 0 Å². The number of carbonyl (C=O) groups excluding carboxylic acids is 1. The quantitative estimate of drug-likeness (QED) is 0.531. The maximum atomic E-state index is 12.2. The molecule has 29 heavy (non-hydrogen) atoms. The molecule has 1 amide bonds. The van der Waals surface area contributed by atoms with E-state index >= 15 is 0 Å². The molecule has 4 aromatic rings. The van der Waals surface area contributed by atoms with Gasteiger partial charge >= 0.3 is 0 Å². The Labute approximate surface area is 167 Å². The second-order valence-electron chi connectivity index (χ2n) is 6.60. The summed E-state index contributed by atoms with van der Waals surface area (Å²) in [5, 5.41) is 2.86. The Hall–Kier alpha value is -4.06. The number of benzene rings is 2. The molecule has 3 heterocycles. The number of carbonyl (C=O) groups is 1. The van der Waals surface area contributed by atoms with Crippen molar-refractivity contribution in [1.29, 1.82) is 0 Å². The zero-order valence-electron chi connectivity index (χ0n) is 15.4. The van der Waals surface area contributed by atoms with Gasteiger partial charge in [-0.05, 0) is 48.0 Å². The Morgan fingerprint density at radius 1 is 1.03 bits per heavy atom. The van der Waals surface area contributed by atoms with Crippen LogP contribution in [0, 0.1) is 0 Å². The van der Waals surface area contributed by atoms with Crippen molar-refractivity contribution >= 4 is 23.3 Å². The molecule has 1 N–H and O–H groups in total. The first-order valence-corrected chi connectivity index (χ1v) is 9.17. The van der Waals surface area contributed by atoms with E-state index < -0.39 is 0 Å². The van der Waals surface area contributed by atoms with Crippen LogP contribution in [0.3, 0.4) is 0 Å². The van der Waals surface area contributed by atoms with Gasteiger partial charge in [0.05, 0.1) is 5.69 Å². The maximum absolute atomic E-state index is 12.2. The molecule has 142 valence electrons. The third-order valence-corrected chi connectivity index (χ3v) is 4.64. The molecule has 0 atom stereocenters. The van der Waals surface area contributed by atoms with E-state index in [1.807, 2.05) is 77.5 Å². The van der Waals surface area contributed by atoms with Gasteiger partial charge in [0.2, 0.25) is 12.7 Å². The van der Waals surface area contributed by atoms with E-state index in [0.717, 1.165) is 33.9 Å². The molecule has 0 fully saturated rings. The highest BCUT2D eigenvalue weighted by Gasteiger charge is 2.12. The van der Waals surface area contributed by atoms with Crippen LogP contribution in [0.4, 0.5) is 5.69 Å². The number of rotatable bonds is 4. The van der Waals surface area contributed by atoms with Crippen LogP contribution < -0.4 is 14.8 Å². The lowest BCUT2D eigenvalue weighted by atomic mass is 10.1. The summed E-state index contributed by atoms with van der Waals surface area (Å²) in [7, 11) is 0. The Bertz CT molecular complexity index is 1190. The van der Waals surface area contributed by atoms with Gasteiger partial charge in [0, 0.05) is 29.7 Å². The van der Waals surface area contributed by atoms with Gasteiger partial charge in [-0.1, -0.05) is 24.3 Å². The van der Waals surface area contributed by atoms with E-state index in [4.69, 9.17) is 9.47 Å². The number of ether oxygens (including phenoxy) is 2. The molecule has 0 aliphatic carbocycles. The molecule has 5 rings (SSSR count). The zero-order valence-corrected chi connectivity index (χ0v) is 15.4. The fourth-order valence-electron chi connectivity index (χ4n) is 3.17. The summed E-state index contributed by atoms with van der Waals surface area (Å²) in [4.78, 5) is 16.8. The maximum Gasteiger partial charge on any atom is 0.248 e. The first-order chi connectivity index (χ1) is 14.2. The molecule has 0 saturated carbocycles. The number of nitrogens with zero attached hydrogens (tertiary/aromatic N) is 2. The number of pyridine rings is 1. The average Bonchev–Trinajstić information content (AvgIpc) is 3.39. The minimum Gasteiger partial charge on any atom is -0.454 e. The number of amides is 1. The topological polar surface area (TPSA) is 64.9 Å². The minimum atomic E-state index is -0.205. The Balaban J connectivity index is 1.26. The van der Waals surface area contributed by atoms with Crippen molar-refractivity contribution in [2.24, 2.45) is 0 Å². The fraction of sp³-hybridized carbons (Fsp3) is 0.0435. The SMILES string of the molecule is O=C(/C=C/c1ccc2c(c1)OCO2)Nc1ccc(-c2cn3ccccc3n2)cc1. The van der Waals surface area contributed by atoms with Crippen LogP contribution in [0.1, 0.15) is 5.56 Å². The van der Waals surface area contributed by atoms with E-state index in [9.17, 15) is 4.79 Å². The van der Waals surface area contributed by atoms with E-state index in [2.05, 4.69) is 10.3 Å². The number of imidazole rings is 1. The normalized spacial score (nSPS) is 12.6. The molecule has 6 heteroatoms. The molecule has 0 spiro atoms. The number of anilines is 1. The van der Waals surface area contributed by atoms with Crippen LogP contribution in [0.25, 0.3) is 23.0 Å². The van der Waals surface area contributed by atoms with Crippen molar-refractivity contribution in [3.8, 4) is 22.8 Å². The van der Waals surface area contributed by atoms with Gasteiger partial charge < -0.3 is 19.2 Å². The van der Waals surface area contributed by atoms with Crippen LogP contribution in [0.15, 0.2) is 79.1 Å². The third-order valence-electron chi connectivity index (χ3n) is 4.64. The second-order valence-corrected chi connectivity index (χ2v) is 6.60.